The molecule has 6 nitrogen and oxygen atoms in total. The standard InChI is InChI=1S/C28H31NO5S2/c1-4-34-22-11-9-21(10-12-22)26-17-27(35-23-13-5-19(2)6-14-23)25(28(30)31)18-29(26)36(32,33)24-15-7-20(3)8-16-24/h5-16,25-27H,4,17-18H2,1-3H3,(H,30,31)/t25-,26+,27-/m1/s1. The number of nitrogens with zero attached hydrogens (tertiary/aromatic N) is 1. The van der Waals surface area contributed by atoms with E-state index in [1.54, 1.807) is 24.3 Å². The Morgan fingerprint density at radius 1 is 0.972 bits per heavy atom. The van der Waals surface area contributed by atoms with E-state index in [1.807, 2.05) is 69.3 Å². The molecule has 190 valence electrons. The molecule has 0 spiro atoms. The number of aryl methyl sites for hydroxylation is 2. The van der Waals surface area contributed by atoms with Crippen molar-refractivity contribution in [2.24, 2.45) is 5.92 Å². The van der Waals surface area contributed by atoms with Crippen LogP contribution in [0.1, 0.15) is 36.1 Å². The van der Waals surface area contributed by atoms with Crippen molar-refractivity contribution in [3.05, 3.63) is 89.5 Å². The zero-order chi connectivity index (χ0) is 25.9. The van der Waals surface area contributed by atoms with Gasteiger partial charge in [-0.15, -0.1) is 11.8 Å². The van der Waals surface area contributed by atoms with Gasteiger partial charge in [0.15, 0.2) is 0 Å². The predicted octanol–water partition coefficient (Wildman–Crippen LogP) is 5.70. The number of hydrogen-bond acceptors (Lipinski definition) is 5. The molecule has 1 aliphatic heterocycles. The van der Waals surface area contributed by atoms with Crippen molar-refractivity contribution < 1.29 is 23.1 Å². The minimum Gasteiger partial charge on any atom is -0.494 e. The normalized spacial score (nSPS) is 20.7. The lowest BCUT2D eigenvalue weighted by molar-refractivity contribution is -0.143. The van der Waals surface area contributed by atoms with Crippen LogP contribution in [0.5, 0.6) is 5.75 Å². The summed E-state index contributed by atoms with van der Waals surface area (Å²) in [6.07, 6.45) is 0.370. The minimum absolute atomic E-state index is 0.104. The number of benzene rings is 3. The van der Waals surface area contributed by atoms with Gasteiger partial charge in [0.2, 0.25) is 10.0 Å². The minimum atomic E-state index is -3.94. The molecular weight excluding hydrogens is 494 g/mol. The van der Waals surface area contributed by atoms with Crippen LogP contribution in [0.3, 0.4) is 0 Å². The summed E-state index contributed by atoms with van der Waals surface area (Å²) >= 11 is 1.50. The molecule has 1 N–H and O–H groups in total. The van der Waals surface area contributed by atoms with Crippen LogP contribution in [-0.4, -0.2) is 42.2 Å². The Balaban J connectivity index is 1.74. The summed E-state index contributed by atoms with van der Waals surface area (Å²) in [5.41, 5.74) is 2.89. The molecule has 0 radical (unpaired) electrons. The molecule has 1 aliphatic rings. The Kier molecular flexibility index (Phi) is 8.07. The summed E-state index contributed by atoms with van der Waals surface area (Å²) in [5, 5.41) is 9.82. The van der Waals surface area contributed by atoms with Gasteiger partial charge < -0.3 is 9.84 Å². The van der Waals surface area contributed by atoms with Gasteiger partial charge in [-0.3, -0.25) is 4.79 Å². The second-order valence-corrected chi connectivity index (χ2v) is 12.3. The summed E-state index contributed by atoms with van der Waals surface area (Å²) in [6, 6.07) is 21.6. The molecule has 0 amide bonds. The quantitative estimate of drug-likeness (QED) is 0.406. The van der Waals surface area contributed by atoms with Gasteiger partial charge in [0.1, 0.15) is 5.75 Å². The first-order valence-corrected chi connectivity index (χ1v) is 14.3. The van der Waals surface area contributed by atoms with Gasteiger partial charge in [-0.25, -0.2) is 8.42 Å². The maximum atomic E-state index is 13.8. The van der Waals surface area contributed by atoms with Crippen molar-refractivity contribution in [1.29, 1.82) is 0 Å². The Bertz CT molecular complexity index is 1290. The van der Waals surface area contributed by atoms with Gasteiger partial charge >= 0.3 is 5.97 Å². The second kappa shape index (κ2) is 11.1. The van der Waals surface area contributed by atoms with Crippen molar-refractivity contribution in [3.63, 3.8) is 0 Å². The lowest BCUT2D eigenvalue weighted by Crippen LogP contribution is -2.49. The van der Waals surface area contributed by atoms with Crippen LogP contribution in [0.4, 0.5) is 0 Å². The molecule has 0 bridgehead atoms. The molecule has 1 fully saturated rings. The zero-order valence-electron chi connectivity index (χ0n) is 20.6. The largest absolute Gasteiger partial charge is 0.494 e. The van der Waals surface area contributed by atoms with E-state index in [2.05, 4.69) is 0 Å². The van der Waals surface area contributed by atoms with Crippen molar-refractivity contribution in [3.8, 4) is 5.75 Å². The second-order valence-electron chi connectivity index (χ2n) is 9.06. The molecule has 0 aliphatic carbocycles. The summed E-state index contributed by atoms with van der Waals surface area (Å²) in [5.74, 6) is -1.14. The van der Waals surface area contributed by atoms with E-state index in [9.17, 15) is 18.3 Å². The molecule has 3 aromatic rings. The Morgan fingerprint density at radius 3 is 2.11 bits per heavy atom. The Morgan fingerprint density at radius 2 is 1.56 bits per heavy atom. The summed E-state index contributed by atoms with van der Waals surface area (Å²) in [4.78, 5) is 13.5. The lowest BCUT2D eigenvalue weighted by atomic mass is 9.90. The van der Waals surface area contributed by atoms with E-state index < -0.39 is 28.0 Å². The fraction of sp³-hybridized carbons (Fsp3) is 0.321. The van der Waals surface area contributed by atoms with Crippen molar-refractivity contribution in [2.45, 2.75) is 48.3 Å². The maximum Gasteiger partial charge on any atom is 0.308 e. The highest BCUT2D eigenvalue weighted by Crippen LogP contribution is 2.44. The first-order valence-electron chi connectivity index (χ1n) is 12.0. The molecule has 0 saturated carbocycles. The molecular formula is C28H31NO5S2. The monoisotopic (exact) mass is 525 g/mol. The Labute approximate surface area is 217 Å². The molecule has 0 aromatic heterocycles. The van der Waals surface area contributed by atoms with E-state index >= 15 is 0 Å². The van der Waals surface area contributed by atoms with Crippen LogP contribution in [0.15, 0.2) is 82.6 Å². The summed E-state index contributed by atoms with van der Waals surface area (Å²) in [7, 11) is -3.94. The molecule has 1 saturated heterocycles. The first-order chi connectivity index (χ1) is 17.2. The number of sulfonamides is 1. The van der Waals surface area contributed by atoms with E-state index in [4.69, 9.17) is 4.74 Å². The van der Waals surface area contributed by atoms with E-state index in [0.717, 1.165) is 21.6 Å². The third kappa shape index (κ3) is 5.77. The average Bonchev–Trinajstić information content (AvgIpc) is 2.86. The lowest BCUT2D eigenvalue weighted by Gasteiger charge is -2.41. The number of ether oxygens (including phenoxy) is 1. The number of carbonyl (C=O) groups is 1. The van der Waals surface area contributed by atoms with Crippen LogP contribution < -0.4 is 4.74 Å². The number of thioether (sulfide) groups is 1. The molecule has 4 rings (SSSR count). The fourth-order valence-electron chi connectivity index (χ4n) is 4.47. The average molecular weight is 526 g/mol. The maximum absolute atomic E-state index is 13.8. The Hall–Kier alpha value is -2.81. The van der Waals surface area contributed by atoms with Gasteiger partial charge in [0, 0.05) is 16.7 Å². The third-order valence-corrected chi connectivity index (χ3v) is 9.71. The fourth-order valence-corrected chi connectivity index (χ4v) is 7.40. The van der Waals surface area contributed by atoms with Gasteiger partial charge in [-0.2, -0.15) is 4.31 Å². The van der Waals surface area contributed by atoms with Crippen LogP contribution in [-0.2, 0) is 14.8 Å². The predicted molar refractivity (Wildman–Crippen MR) is 142 cm³/mol. The van der Waals surface area contributed by atoms with Crippen molar-refractivity contribution >= 4 is 27.8 Å². The van der Waals surface area contributed by atoms with Gasteiger partial charge in [0.05, 0.1) is 23.5 Å². The highest BCUT2D eigenvalue weighted by molar-refractivity contribution is 8.00. The van der Waals surface area contributed by atoms with Crippen LogP contribution >= 0.6 is 11.8 Å². The number of carboxylic acids is 1. The molecule has 3 aromatic carbocycles. The van der Waals surface area contributed by atoms with Crippen LogP contribution in [0.2, 0.25) is 0 Å². The number of carboxylic acid groups (broad SMARTS) is 1. The van der Waals surface area contributed by atoms with E-state index in [-0.39, 0.29) is 16.7 Å². The first kappa shape index (κ1) is 26.3. The molecule has 8 heteroatoms. The van der Waals surface area contributed by atoms with E-state index in [1.165, 1.54) is 16.1 Å². The number of hydrogen-bond donors (Lipinski definition) is 1. The number of aliphatic carboxylic acids is 1. The highest BCUT2D eigenvalue weighted by atomic mass is 32.2. The van der Waals surface area contributed by atoms with Gasteiger partial charge in [-0.1, -0.05) is 47.5 Å². The van der Waals surface area contributed by atoms with Gasteiger partial charge in [-0.05, 0) is 69.2 Å². The number of rotatable bonds is 8. The highest BCUT2D eigenvalue weighted by Gasteiger charge is 2.45. The SMILES string of the molecule is CCOc1ccc([C@@H]2C[C@@H](Sc3ccc(C)cc3)[C@H](C(=O)O)CN2S(=O)(=O)c2ccc(C)cc2)cc1. The topological polar surface area (TPSA) is 83.9 Å². The smallest absolute Gasteiger partial charge is 0.308 e. The van der Waals surface area contributed by atoms with Gasteiger partial charge in [0.25, 0.3) is 0 Å². The third-order valence-electron chi connectivity index (χ3n) is 6.46. The van der Waals surface area contributed by atoms with Crippen LogP contribution in [0.25, 0.3) is 0 Å². The molecule has 3 atom stereocenters. The zero-order valence-corrected chi connectivity index (χ0v) is 22.3. The molecule has 1 heterocycles. The van der Waals surface area contributed by atoms with Crippen molar-refractivity contribution in [2.75, 3.05) is 13.2 Å². The van der Waals surface area contributed by atoms with E-state index in [0.29, 0.717) is 18.8 Å². The molecule has 36 heavy (non-hydrogen) atoms. The van der Waals surface area contributed by atoms with Crippen LogP contribution in [0, 0.1) is 19.8 Å². The summed E-state index contributed by atoms with van der Waals surface area (Å²) < 4.78 is 34.6. The number of piperidine rings is 1. The molecule has 0 unspecified atom stereocenters. The van der Waals surface area contributed by atoms with Crippen molar-refractivity contribution in [1.82, 2.24) is 4.31 Å². The summed E-state index contributed by atoms with van der Waals surface area (Å²) in [6.45, 7) is 6.24.